The highest BCUT2D eigenvalue weighted by Gasteiger charge is 2.63. The number of urea groups is 1. The van der Waals surface area contributed by atoms with Crippen molar-refractivity contribution in [2.45, 2.75) is 83.0 Å². The zero-order valence-electron chi connectivity index (χ0n) is 18.5. The smallest absolute Gasteiger partial charge is 0.317 e. The molecule has 4 atom stereocenters. The lowest BCUT2D eigenvalue weighted by Gasteiger charge is -2.29. The van der Waals surface area contributed by atoms with Crippen LogP contribution in [0.5, 0.6) is 0 Å². The van der Waals surface area contributed by atoms with Crippen molar-refractivity contribution in [3.63, 3.8) is 0 Å². The molecule has 0 unspecified atom stereocenters. The first-order chi connectivity index (χ1) is 14.2. The van der Waals surface area contributed by atoms with Gasteiger partial charge in [-0.25, -0.2) is 4.79 Å². The lowest BCUT2D eigenvalue weighted by atomic mass is 9.73. The van der Waals surface area contributed by atoms with Crippen LogP contribution in [0.2, 0.25) is 0 Å². The number of hydrogen-bond acceptors (Lipinski definition) is 4. The van der Waals surface area contributed by atoms with E-state index < -0.39 is 0 Å². The van der Waals surface area contributed by atoms with Crippen LogP contribution in [0.15, 0.2) is 0 Å². The topological polar surface area (TPSA) is 108 Å². The summed E-state index contributed by atoms with van der Waals surface area (Å²) in [5, 5.41) is 13.2. The van der Waals surface area contributed by atoms with E-state index in [9.17, 15) is 9.59 Å². The predicted octanol–water partition coefficient (Wildman–Crippen LogP) is 2.37. The molecule has 170 valence electrons. The summed E-state index contributed by atoms with van der Waals surface area (Å²) in [6, 6.07) is 0.00217. The Bertz CT molecular complexity index is 643. The molecule has 8 nitrogen and oxygen atoms in total. The minimum atomic E-state index is -0.250. The first-order valence-electron chi connectivity index (χ1n) is 11.3. The van der Waals surface area contributed by atoms with Gasteiger partial charge in [-0.05, 0) is 52.4 Å². The molecule has 2 bridgehead atoms. The third-order valence-electron chi connectivity index (χ3n) is 7.04. The third kappa shape index (κ3) is 5.07. The third-order valence-corrected chi connectivity index (χ3v) is 7.04. The number of nitrogens with zero attached hydrogens (tertiary/aromatic N) is 1. The van der Waals surface area contributed by atoms with Gasteiger partial charge in [-0.15, -0.1) is 0 Å². The summed E-state index contributed by atoms with van der Waals surface area (Å²) in [4.78, 5) is 35.3. The van der Waals surface area contributed by atoms with Crippen molar-refractivity contribution in [3.05, 3.63) is 0 Å². The number of fused-ring (bicyclic) bond motifs is 1. The first kappa shape index (κ1) is 22.8. The maximum Gasteiger partial charge on any atom is 0.317 e. The maximum atomic E-state index is 12.6. The standard InChI is InChI=1S/C21H35N3O3.CH2O2/c1-20(2,3)23-19(26)24-12-16-15(17-8-9-21(16,13-24)27-17)11-22-18(25)10-14-6-4-5-7-14;2-1-3/h14-17H,4-13H2,1-3H3,(H,22,25)(H,23,26);1H,(H,2,3)/t15-,16+,17+,21+;/m0./s1. The average molecular weight is 424 g/mol. The molecule has 30 heavy (non-hydrogen) atoms. The molecule has 3 heterocycles. The van der Waals surface area contributed by atoms with Crippen LogP contribution < -0.4 is 10.6 Å². The molecule has 4 rings (SSSR count). The van der Waals surface area contributed by atoms with Crippen molar-refractivity contribution >= 4 is 18.4 Å². The molecule has 4 aliphatic rings. The van der Waals surface area contributed by atoms with Crippen molar-refractivity contribution in [3.8, 4) is 0 Å². The quantitative estimate of drug-likeness (QED) is 0.602. The molecule has 4 fully saturated rings. The highest BCUT2D eigenvalue weighted by atomic mass is 16.5. The van der Waals surface area contributed by atoms with E-state index in [-0.39, 0.29) is 35.7 Å². The first-order valence-corrected chi connectivity index (χ1v) is 11.3. The monoisotopic (exact) mass is 423 g/mol. The highest BCUT2D eigenvalue weighted by Crippen LogP contribution is 2.54. The van der Waals surface area contributed by atoms with Gasteiger partial charge in [0, 0.05) is 36.9 Å². The normalized spacial score (nSPS) is 32.4. The number of nitrogens with one attached hydrogen (secondary N) is 2. The molecule has 0 aromatic carbocycles. The Morgan fingerprint density at radius 2 is 1.90 bits per heavy atom. The van der Waals surface area contributed by atoms with E-state index in [1.807, 2.05) is 25.7 Å². The van der Waals surface area contributed by atoms with E-state index in [1.165, 1.54) is 25.7 Å². The molecular weight excluding hydrogens is 386 g/mol. The van der Waals surface area contributed by atoms with Crippen LogP contribution in [0.25, 0.3) is 0 Å². The van der Waals surface area contributed by atoms with Crippen molar-refractivity contribution in [1.82, 2.24) is 15.5 Å². The summed E-state index contributed by atoms with van der Waals surface area (Å²) in [6.45, 7) is 7.88. The van der Waals surface area contributed by atoms with Gasteiger partial charge in [0.25, 0.3) is 6.47 Å². The minimum Gasteiger partial charge on any atom is -0.483 e. The second-order valence-electron chi connectivity index (χ2n) is 10.4. The van der Waals surface area contributed by atoms with Crippen molar-refractivity contribution in [2.24, 2.45) is 17.8 Å². The van der Waals surface area contributed by atoms with Crippen LogP contribution in [0, 0.1) is 17.8 Å². The fourth-order valence-electron chi connectivity index (χ4n) is 5.80. The van der Waals surface area contributed by atoms with E-state index in [0.717, 1.165) is 19.4 Å². The largest absolute Gasteiger partial charge is 0.483 e. The van der Waals surface area contributed by atoms with Crippen LogP contribution >= 0.6 is 0 Å². The molecule has 1 saturated carbocycles. The minimum absolute atomic E-state index is 0.00217. The Morgan fingerprint density at radius 3 is 2.53 bits per heavy atom. The molecule has 1 spiro atoms. The van der Waals surface area contributed by atoms with Gasteiger partial charge in [0.05, 0.1) is 18.2 Å². The van der Waals surface area contributed by atoms with E-state index in [2.05, 4.69) is 10.6 Å². The Labute approximate surface area is 179 Å². The second-order valence-corrected chi connectivity index (χ2v) is 10.4. The molecule has 3 saturated heterocycles. The van der Waals surface area contributed by atoms with Crippen LogP contribution in [0.1, 0.15) is 65.7 Å². The number of ether oxygens (including phenoxy) is 1. The second kappa shape index (κ2) is 9.12. The summed E-state index contributed by atoms with van der Waals surface area (Å²) in [6.07, 6.45) is 7.95. The SMILES string of the molecule is CC(C)(C)NC(=O)N1C[C@@H]2[C@H](CNC(=O)CC3CCCC3)[C@H]3CC[C@]2(C1)O3.O=CO. The zero-order valence-corrected chi connectivity index (χ0v) is 18.5. The summed E-state index contributed by atoms with van der Waals surface area (Å²) < 4.78 is 6.40. The Morgan fingerprint density at radius 1 is 1.23 bits per heavy atom. The molecule has 3 amide bonds. The lowest BCUT2D eigenvalue weighted by Crippen LogP contribution is -2.48. The molecule has 8 heteroatoms. The average Bonchev–Trinajstić information content (AvgIpc) is 3.40. The van der Waals surface area contributed by atoms with Crippen molar-refractivity contribution < 1.29 is 24.2 Å². The fourth-order valence-corrected chi connectivity index (χ4v) is 5.80. The Balaban J connectivity index is 0.000000806. The summed E-state index contributed by atoms with van der Waals surface area (Å²) in [5.41, 5.74) is -0.417. The van der Waals surface area contributed by atoms with Gasteiger partial charge in [0.15, 0.2) is 0 Å². The van der Waals surface area contributed by atoms with Crippen LogP contribution in [-0.2, 0) is 14.3 Å². The summed E-state index contributed by atoms with van der Waals surface area (Å²) in [7, 11) is 0. The molecular formula is C22H37N3O5. The lowest BCUT2D eigenvalue weighted by molar-refractivity contribution is -0.123. The number of likely N-dealkylation sites (tertiary alicyclic amines) is 1. The van der Waals surface area contributed by atoms with Crippen LogP contribution in [0.3, 0.4) is 0 Å². The molecule has 3 aliphatic heterocycles. The van der Waals surface area contributed by atoms with Gasteiger partial charge in [-0.3, -0.25) is 9.59 Å². The molecule has 3 N–H and O–H groups in total. The predicted molar refractivity (Wildman–Crippen MR) is 112 cm³/mol. The van der Waals surface area contributed by atoms with E-state index in [4.69, 9.17) is 14.6 Å². The Kier molecular flexibility index (Phi) is 6.95. The van der Waals surface area contributed by atoms with E-state index in [0.29, 0.717) is 37.3 Å². The van der Waals surface area contributed by atoms with Gasteiger partial charge < -0.3 is 25.4 Å². The number of carbonyl (C=O) groups is 3. The highest BCUT2D eigenvalue weighted by molar-refractivity contribution is 5.76. The summed E-state index contributed by atoms with van der Waals surface area (Å²) in [5.74, 6) is 1.45. The number of carboxylic acid groups (broad SMARTS) is 1. The van der Waals surface area contributed by atoms with Crippen molar-refractivity contribution in [2.75, 3.05) is 19.6 Å². The maximum absolute atomic E-state index is 12.6. The number of hydrogen-bond donors (Lipinski definition) is 3. The van der Waals surface area contributed by atoms with Gasteiger partial charge in [-0.1, -0.05) is 12.8 Å². The van der Waals surface area contributed by atoms with E-state index >= 15 is 0 Å². The van der Waals surface area contributed by atoms with Gasteiger partial charge in [0.2, 0.25) is 5.91 Å². The van der Waals surface area contributed by atoms with Gasteiger partial charge in [0.1, 0.15) is 0 Å². The number of rotatable bonds is 4. The number of amides is 3. The van der Waals surface area contributed by atoms with Gasteiger partial charge >= 0.3 is 6.03 Å². The zero-order chi connectivity index (χ0) is 21.9. The number of carbonyl (C=O) groups excluding carboxylic acids is 2. The Hall–Kier alpha value is -1.83. The fraction of sp³-hybridized carbons (Fsp3) is 0.864. The molecule has 0 aromatic heterocycles. The van der Waals surface area contributed by atoms with Crippen molar-refractivity contribution in [1.29, 1.82) is 0 Å². The molecule has 1 aliphatic carbocycles. The summed E-state index contributed by atoms with van der Waals surface area (Å²) >= 11 is 0. The van der Waals surface area contributed by atoms with Gasteiger partial charge in [-0.2, -0.15) is 0 Å². The molecule has 0 radical (unpaired) electrons. The van der Waals surface area contributed by atoms with Crippen LogP contribution in [0.4, 0.5) is 4.79 Å². The molecule has 0 aromatic rings. The van der Waals surface area contributed by atoms with E-state index in [1.54, 1.807) is 0 Å². The van der Waals surface area contributed by atoms with Crippen LogP contribution in [-0.4, -0.2) is 65.3 Å².